The predicted molar refractivity (Wildman–Crippen MR) is 78.1 cm³/mol. The topological polar surface area (TPSA) is 89.9 Å². The van der Waals surface area contributed by atoms with Crippen LogP contribution in [0.15, 0.2) is 24.3 Å². The number of aliphatic hydroxyl groups excluding tert-OH is 1. The molecule has 1 aromatic carbocycles. The van der Waals surface area contributed by atoms with Gasteiger partial charge in [0.1, 0.15) is 0 Å². The van der Waals surface area contributed by atoms with E-state index in [1.807, 2.05) is 0 Å². The molecule has 1 rings (SSSR count). The summed E-state index contributed by atoms with van der Waals surface area (Å²) in [4.78, 5) is 25.0. The minimum Gasteiger partial charge on any atom is -0.394 e. The van der Waals surface area contributed by atoms with E-state index in [2.05, 4.69) is 0 Å². The van der Waals surface area contributed by atoms with Crippen molar-refractivity contribution in [1.82, 2.24) is 10.4 Å². The molecule has 0 saturated carbocycles. The number of hydroxylamine groups is 1. The second-order valence-corrected chi connectivity index (χ2v) is 5.31. The van der Waals surface area contributed by atoms with Crippen LogP contribution in [0, 0.1) is 5.92 Å². The largest absolute Gasteiger partial charge is 0.394 e. The van der Waals surface area contributed by atoms with Gasteiger partial charge in [0.2, 0.25) is 5.91 Å². The third kappa shape index (κ3) is 4.70. The SMILES string of the molecule is C[C@@H](C[C@@H](CO)N(C)C(=O)c1ccc(Cl)cc1)C(=O)NO. The van der Waals surface area contributed by atoms with E-state index in [9.17, 15) is 14.7 Å². The smallest absolute Gasteiger partial charge is 0.253 e. The lowest BCUT2D eigenvalue weighted by Crippen LogP contribution is -2.42. The van der Waals surface area contributed by atoms with E-state index in [0.717, 1.165) is 0 Å². The first-order valence-electron chi connectivity index (χ1n) is 6.48. The van der Waals surface area contributed by atoms with Gasteiger partial charge < -0.3 is 10.0 Å². The Morgan fingerprint density at radius 3 is 2.38 bits per heavy atom. The van der Waals surface area contributed by atoms with Crippen molar-refractivity contribution in [2.45, 2.75) is 19.4 Å². The van der Waals surface area contributed by atoms with Gasteiger partial charge >= 0.3 is 0 Å². The maximum atomic E-state index is 12.3. The van der Waals surface area contributed by atoms with Crippen molar-refractivity contribution in [1.29, 1.82) is 0 Å². The minimum atomic E-state index is -0.555. The molecule has 2 atom stereocenters. The number of benzene rings is 1. The predicted octanol–water partition coefficient (Wildman–Crippen LogP) is 1.30. The molecule has 0 spiro atoms. The Morgan fingerprint density at radius 2 is 1.90 bits per heavy atom. The summed E-state index contributed by atoms with van der Waals surface area (Å²) in [5, 5.41) is 18.5. The number of carbonyl (C=O) groups is 2. The standard InChI is InChI=1S/C14H19ClN2O4/c1-9(13(19)16-21)7-12(8-18)17(2)14(20)10-3-5-11(15)6-4-10/h3-6,9,12,18,21H,7-8H2,1-2H3,(H,16,19)/t9-,12-/m0/s1. The van der Waals surface area contributed by atoms with Gasteiger partial charge in [-0.3, -0.25) is 14.8 Å². The van der Waals surface area contributed by atoms with E-state index >= 15 is 0 Å². The summed E-state index contributed by atoms with van der Waals surface area (Å²) in [7, 11) is 1.56. The zero-order chi connectivity index (χ0) is 16.0. The Balaban J connectivity index is 2.78. The monoisotopic (exact) mass is 314 g/mol. The summed E-state index contributed by atoms with van der Waals surface area (Å²) in [6.07, 6.45) is 0.235. The lowest BCUT2D eigenvalue weighted by molar-refractivity contribution is -0.133. The van der Waals surface area contributed by atoms with Crippen LogP contribution in [-0.2, 0) is 4.79 Å². The molecular formula is C14H19ClN2O4. The first kappa shape index (κ1) is 17.4. The molecule has 0 saturated heterocycles. The number of carbonyl (C=O) groups excluding carboxylic acids is 2. The molecule has 0 aliphatic heterocycles. The van der Waals surface area contributed by atoms with Crippen molar-refractivity contribution in [3.05, 3.63) is 34.9 Å². The Bertz CT molecular complexity index is 492. The van der Waals surface area contributed by atoms with Crippen LogP contribution in [0.3, 0.4) is 0 Å². The second-order valence-electron chi connectivity index (χ2n) is 4.87. The molecule has 6 nitrogen and oxygen atoms in total. The number of amides is 2. The molecule has 0 aromatic heterocycles. The van der Waals surface area contributed by atoms with E-state index in [4.69, 9.17) is 16.8 Å². The van der Waals surface area contributed by atoms with Crippen LogP contribution < -0.4 is 5.48 Å². The van der Waals surface area contributed by atoms with Gasteiger partial charge in [-0.1, -0.05) is 18.5 Å². The van der Waals surface area contributed by atoms with E-state index in [-0.39, 0.29) is 18.9 Å². The van der Waals surface area contributed by atoms with Gasteiger partial charge in [0.15, 0.2) is 0 Å². The zero-order valence-electron chi connectivity index (χ0n) is 11.9. The van der Waals surface area contributed by atoms with Crippen LogP contribution in [0.4, 0.5) is 0 Å². The summed E-state index contributed by atoms with van der Waals surface area (Å²) < 4.78 is 0. The molecule has 2 amide bonds. The number of nitrogens with one attached hydrogen (secondary N) is 1. The Hall–Kier alpha value is -1.63. The van der Waals surface area contributed by atoms with Gasteiger partial charge in [-0.2, -0.15) is 0 Å². The fourth-order valence-electron chi connectivity index (χ4n) is 1.94. The van der Waals surface area contributed by atoms with Gasteiger partial charge in [-0.15, -0.1) is 0 Å². The van der Waals surface area contributed by atoms with Crippen LogP contribution >= 0.6 is 11.6 Å². The third-order valence-electron chi connectivity index (χ3n) is 3.35. The second kappa shape index (κ2) is 7.97. The molecule has 1 aromatic rings. The van der Waals surface area contributed by atoms with Gasteiger partial charge in [0, 0.05) is 23.6 Å². The van der Waals surface area contributed by atoms with E-state index < -0.39 is 17.9 Å². The normalized spacial score (nSPS) is 13.4. The molecule has 0 heterocycles. The molecule has 0 fully saturated rings. The van der Waals surface area contributed by atoms with Crippen LogP contribution in [-0.4, -0.2) is 46.7 Å². The number of rotatable bonds is 6. The molecule has 7 heteroatoms. The van der Waals surface area contributed by atoms with Gasteiger partial charge in [-0.05, 0) is 30.7 Å². The van der Waals surface area contributed by atoms with Crippen LogP contribution in [0.2, 0.25) is 5.02 Å². The Kier molecular flexibility index (Phi) is 6.61. The Labute approximate surface area is 128 Å². The van der Waals surface area contributed by atoms with Gasteiger partial charge in [0.05, 0.1) is 12.6 Å². The van der Waals surface area contributed by atoms with Crippen LogP contribution in [0.5, 0.6) is 0 Å². The van der Waals surface area contributed by atoms with Gasteiger partial charge in [-0.25, -0.2) is 5.48 Å². The quantitative estimate of drug-likeness (QED) is 0.545. The number of hydrogen-bond acceptors (Lipinski definition) is 4. The van der Waals surface area contributed by atoms with Crippen LogP contribution in [0.1, 0.15) is 23.7 Å². The summed E-state index contributed by atoms with van der Waals surface area (Å²) >= 11 is 5.77. The summed E-state index contributed by atoms with van der Waals surface area (Å²) in [6.45, 7) is 1.33. The molecule has 21 heavy (non-hydrogen) atoms. The average Bonchev–Trinajstić information content (AvgIpc) is 2.50. The van der Waals surface area contributed by atoms with Crippen molar-refractivity contribution in [3.63, 3.8) is 0 Å². The first-order chi connectivity index (χ1) is 9.90. The Morgan fingerprint density at radius 1 is 1.33 bits per heavy atom. The molecule has 0 radical (unpaired) electrons. The zero-order valence-corrected chi connectivity index (χ0v) is 12.7. The minimum absolute atomic E-state index is 0.235. The third-order valence-corrected chi connectivity index (χ3v) is 3.61. The van der Waals surface area contributed by atoms with Crippen molar-refractivity contribution in [3.8, 4) is 0 Å². The van der Waals surface area contributed by atoms with E-state index in [1.165, 1.54) is 4.90 Å². The fourth-order valence-corrected chi connectivity index (χ4v) is 2.07. The van der Waals surface area contributed by atoms with E-state index in [0.29, 0.717) is 10.6 Å². The maximum Gasteiger partial charge on any atom is 0.253 e. The molecule has 0 aliphatic rings. The number of likely N-dealkylation sites (N-methyl/N-ethyl adjacent to an activating group) is 1. The van der Waals surface area contributed by atoms with Crippen molar-refractivity contribution in [2.75, 3.05) is 13.7 Å². The maximum absolute atomic E-state index is 12.3. The van der Waals surface area contributed by atoms with Crippen molar-refractivity contribution >= 4 is 23.4 Å². The number of aliphatic hydroxyl groups is 1. The van der Waals surface area contributed by atoms with Gasteiger partial charge in [0.25, 0.3) is 5.91 Å². The molecule has 116 valence electrons. The molecule has 3 N–H and O–H groups in total. The van der Waals surface area contributed by atoms with E-state index in [1.54, 1.807) is 43.7 Å². The molecule has 0 bridgehead atoms. The van der Waals surface area contributed by atoms with Crippen molar-refractivity contribution in [2.24, 2.45) is 5.92 Å². The summed E-state index contributed by atoms with van der Waals surface area (Å²) in [5.74, 6) is -1.37. The first-order valence-corrected chi connectivity index (χ1v) is 6.86. The summed E-state index contributed by atoms with van der Waals surface area (Å²) in [6, 6.07) is 5.89. The highest BCUT2D eigenvalue weighted by Crippen LogP contribution is 2.16. The highest BCUT2D eigenvalue weighted by atomic mass is 35.5. The number of hydrogen-bond donors (Lipinski definition) is 3. The summed E-state index contributed by atoms with van der Waals surface area (Å²) in [5.41, 5.74) is 2.01. The average molecular weight is 315 g/mol. The van der Waals surface area contributed by atoms with Crippen molar-refractivity contribution < 1.29 is 19.9 Å². The fraction of sp³-hybridized carbons (Fsp3) is 0.429. The highest BCUT2D eigenvalue weighted by molar-refractivity contribution is 6.30. The highest BCUT2D eigenvalue weighted by Gasteiger charge is 2.25. The number of nitrogens with zero attached hydrogens (tertiary/aromatic N) is 1. The lowest BCUT2D eigenvalue weighted by atomic mass is 10.00. The lowest BCUT2D eigenvalue weighted by Gasteiger charge is -2.28. The molecule has 0 unspecified atom stereocenters. The van der Waals surface area contributed by atoms with Crippen LogP contribution in [0.25, 0.3) is 0 Å². The molecular weight excluding hydrogens is 296 g/mol. The number of halogens is 1. The molecule has 0 aliphatic carbocycles.